The summed E-state index contributed by atoms with van der Waals surface area (Å²) in [6.07, 6.45) is 4.32. The van der Waals surface area contributed by atoms with Gasteiger partial charge in [-0.25, -0.2) is 43.3 Å². The van der Waals surface area contributed by atoms with Crippen molar-refractivity contribution in [3.8, 4) is 0 Å². The van der Waals surface area contributed by atoms with Gasteiger partial charge in [-0.15, -0.1) is 0 Å². The number of sulfone groups is 4. The molecule has 2 fully saturated rings. The fraction of sp³-hybridized carbons (Fsp3) is 0.364. The number of rotatable bonds is 8. The van der Waals surface area contributed by atoms with Crippen LogP contribution in [-0.2, 0) is 44.1 Å². The van der Waals surface area contributed by atoms with Crippen LogP contribution in [0.25, 0.3) is 0 Å². The van der Waals surface area contributed by atoms with Crippen molar-refractivity contribution in [2.45, 2.75) is 26.5 Å². The Morgan fingerprint density at radius 1 is 0.478 bits per heavy atom. The standard InChI is InChI=1S/C14H20N2O3S.C13H17ClN2O3S.C9H9ClO4S.C8H7ClO4S/c1-11-4-5-12(20(3,18)19)10-13(11)14(17)16-8-6-15(2)7-9-16;1-15-5-7-16(8-6-15)13(17)11-9-10(20(2,18)19)3-4-12(11)14;1-14-9(11)7-5-6(15(2,12)13)3-4-8(7)10;1-14(12,13)5-2-3-7(9)6(4-5)8(10)11/h4-5,10H,6-9H2,1-3H3;3-4,9H,5-8H2,1-2H3;3-5H,1-2H3;2-4H,1H3,(H,10,11). The van der Waals surface area contributed by atoms with Crippen LogP contribution in [-0.4, -0.2) is 181 Å². The summed E-state index contributed by atoms with van der Waals surface area (Å²) in [7, 11) is -8.17. The third-order valence-electron chi connectivity index (χ3n) is 10.4. The van der Waals surface area contributed by atoms with Crippen LogP contribution in [0.4, 0.5) is 0 Å². The second kappa shape index (κ2) is 24.5. The highest BCUT2D eigenvalue weighted by Gasteiger charge is 2.25. The highest BCUT2D eigenvalue weighted by atomic mass is 35.5. The highest BCUT2D eigenvalue weighted by Crippen LogP contribution is 2.24. The fourth-order valence-electron chi connectivity index (χ4n) is 6.22. The smallest absolute Gasteiger partial charge is 0.339 e. The first-order valence-electron chi connectivity index (χ1n) is 20.3. The van der Waals surface area contributed by atoms with Gasteiger partial charge in [0.15, 0.2) is 39.3 Å². The number of hydrogen-bond donors (Lipinski definition) is 1. The summed E-state index contributed by atoms with van der Waals surface area (Å²) in [6, 6.07) is 16.4. The number of halogens is 3. The van der Waals surface area contributed by atoms with Gasteiger partial charge in [0.1, 0.15) is 0 Å². The van der Waals surface area contributed by atoms with E-state index in [1.165, 1.54) is 61.7 Å². The molecule has 0 spiro atoms. The number of carbonyl (C=O) groups is 4. The van der Waals surface area contributed by atoms with Gasteiger partial charge in [-0.3, -0.25) is 9.59 Å². The fourth-order valence-corrected chi connectivity index (χ4v) is 9.40. The molecule has 0 bridgehead atoms. The van der Waals surface area contributed by atoms with Crippen LogP contribution in [0.5, 0.6) is 0 Å². The number of amides is 2. The number of carbonyl (C=O) groups excluding carboxylic acids is 3. The first-order chi connectivity index (χ1) is 31.8. The number of hydrogen-bond acceptors (Lipinski definition) is 15. The Kier molecular flexibility index (Phi) is 20.8. The lowest BCUT2D eigenvalue weighted by molar-refractivity contribution is 0.0598. The number of methoxy groups -OCH3 is 1. The topological polar surface area (TPSA) is 247 Å². The van der Waals surface area contributed by atoms with E-state index in [9.17, 15) is 52.8 Å². The second-order valence-corrected chi connectivity index (χ2v) is 25.3. The third kappa shape index (κ3) is 17.3. The van der Waals surface area contributed by atoms with E-state index in [-0.39, 0.29) is 63.2 Å². The number of likely N-dealkylation sites (N-methyl/N-ethyl adjacent to an activating group) is 2. The van der Waals surface area contributed by atoms with E-state index >= 15 is 0 Å². The molecule has 2 amide bonds. The Morgan fingerprint density at radius 2 is 0.768 bits per heavy atom. The number of benzene rings is 4. The Hall–Kier alpha value is -4.65. The molecule has 69 heavy (non-hydrogen) atoms. The lowest BCUT2D eigenvalue weighted by atomic mass is 10.1. The summed E-state index contributed by atoms with van der Waals surface area (Å²) in [4.78, 5) is 54.9. The summed E-state index contributed by atoms with van der Waals surface area (Å²) in [5.41, 5.74) is 1.37. The van der Waals surface area contributed by atoms with Crippen LogP contribution in [0.3, 0.4) is 0 Å². The van der Waals surface area contributed by atoms with Gasteiger partial charge in [0.05, 0.1) is 58.4 Å². The van der Waals surface area contributed by atoms with Crippen molar-refractivity contribution in [1.82, 2.24) is 19.6 Å². The van der Waals surface area contributed by atoms with Gasteiger partial charge >= 0.3 is 11.9 Å². The molecular weight excluding hydrogens is 1040 g/mol. The Labute approximate surface area is 418 Å². The monoisotopic (exact) mass is 1090 g/mol. The van der Waals surface area contributed by atoms with Crippen molar-refractivity contribution in [2.24, 2.45) is 0 Å². The van der Waals surface area contributed by atoms with Crippen LogP contribution in [0.2, 0.25) is 15.1 Å². The van der Waals surface area contributed by atoms with Gasteiger partial charge < -0.3 is 29.4 Å². The molecule has 2 saturated heterocycles. The molecule has 18 nitrogen and oxygen atoms in total. The van der Waals surface area contributed by atoms with Gasteiger partial charge in [0.25, 0.3) is 11.8 Å². The highest BCUT2D eigenvalue weighted by molar-refractivity contribution is 7.91. The molecular formula is C44H53Cl3N4O14S4. The van der Waals surface area contributed by atoms with Crippen molar-refractivity contribution in [3.63, 3.8) is 0 Å². The summed E-state index contributed by atoms with van der Waals surface area (Å²) in [5.74, 6) is -2.21. The van der Waals surface area contributed by atoms with Crippen LogP contribution in [0.1, 0.15) is 47.0 Å². The molecule has 0 unspecified atom stereocenters. The first-order valence-corrected chi connectivity index (χ1v) is 29.0. The molecule has 4 aromatic carbocycles. The van der Waals surface area contributed by atoms with Crippen molar-refractivity contribution in [3.05, 3.63) is 116 Å². The zero-order chi connectivity index (χ0) is 52.4. The quantitative estimate of drug-likeness (QED) is 0.231. The zero-order valence-corrected chi connectivity index (χ0v) is 44.4. The Bertz CT molecular complexity index is 2920. The number of ether oxygens (including phenoxy) is 1. The van der Waals surface area contributed by atoms with Crippen LogP contribution >= 0.6 is 34.8 Å². The van der Waals surface area contributed by atoms with E-state index in [0.29, 0.717) is 31.7 Å². The molecule has 2 aliphatic rings. The Balaban J connectivity index is 0.000000247. The van der Waals surface area contributed by atoms with E-state index in [1.807, 2.05) is 21.0 Å². The van der Waals surface area contributed by atoms with E-state index in [0.717, 1.165) is 62.8 Å². The number of carboxylic acids is 1. The predicted octanol–water partition coefficient (Wildman–Crippen LogP) is 4.89. The Morgan fingerprint density at radius 3 is 1.12 bits per heavy atom. The molecule has 0 atom stereocenters. The molecule has 0 aliphatic carbocycles. The number of esters is 1. The third-order valence-corrected chi connectivity index (χ3v) is 15.8. The normalized spacial score (nSPS) is 14.7. The van der Waals surface area contributed by atoms with Crippen LogP contribution in [0, 0.1) is 6.92 Å². The maximum absolute atomic E-state index is 12.5. The number of piperazine rings is 2. The van der Waals surface area contributed by atoms with Gasteiger partial charge in [0, 0.05) is 82.9 Å². The second-order valence-electron chi connectivity index (χ2n) is 16.0. The summed E-state index contributed by atoms with van der Waals surface area (Å²) < 4.78 is 95.4. The van der Waals surface area contributed by atoms with Gasteiger partial charge in [-0.05, 0) is 93.3 Å². The minimum Gasteiger partial charge on any atom is -0.478 e. The number of aryl methyl sites for hydroxylation is 1. The summed E-state index contributed by atoms with van der Waals surface area (Å²) >= 11 is 17.3. The molecule has 0 aromatic heterocycles. The minimum absolute atomic E-state index is 0.0184. The largest absolute Gasteiger partial charge is 0.478 e. The molecule has 0 saturated carbocycles. The molecule has 6 rings (SSSR count). The van der Waals surface area contributed by atoms with Gasteiger partial charge in [-0.2, -0.15) is 0 Å². The average Bonchev–Trinajstić information content (AvgIpc) is 3.26. The summed E-state index contributed by atoms with van der Waals surface area (Å²) in [5, 5.41) is 9.14. The van der Waals surface area contributed by atoms with Crippen LogP contribution in [0.15, 0.2) is 92.4 Å². The zero-order valence-electron chi connectivity index (χ0n) is 38.9. The van der Waals surface area contributed by atoms with Crippen molar-refractivity contribution in [1.29, 1.82) is 0 Å². The maximum atomic E-state index is 12.5. The van der Waals surface area contributed by atoms with Crippen molar-refractivity contribution >= 4 is 97.9 Å². The number of aromatic carboxylic acids is 1. The minimum atomic E-state index is -3.40. The molecule has 1 N–H and O–H groups in total. The molecule has 25 heteroatoms. The molecule has 0 radical (unpaired) electrons. The van der Waals surface area contributed by atoms with E-state index in [1.54, 1.807) is 21.9 Å². The molecule has 378 valence electrons. The van der Waals surface area contributed by atoms with Crippen LogP contribution < -0.4 is 0 Å². The lowest BCUT2D eigenvalue weighted by Gasteiger charge is -2.32. The molecule has 2 heterocycles. The number of carboxylic acid groups (broad SMARTS) is 1. The van der Waals surface area contributed by atoms with Crippen molar-refractivity contribution < 1.29 is 62.7 Å². The molecule has 4 aromatic rings. The van der Waals surface area contributed by atoms with E-state index in [2.05, 4.69) is 14.5 Å². The maximum Gasteiger partial charge on any atom is 0.339 e. The van der Waals surface area contributed by atoms with Gasteiger partial charge in [-0.1, -0.05) is 40.9 Å². The van der Waals surface area contributed by atoms with Gasteiger partial charge in [0.2, 0.25) is 0 Å². The molecule has 2 aliphatic heterocycles. The van der Waals surface area contributed by atoms with E-state index < -0.39 is 51.3 Å². The first kappa shape index (κ1) is 58.7. The lowest BCUT2D eigenvalue weighted by Crippen LogP contribution is -2.47. The predicted molar refractivity (Wildman–Crippen MR) is 263 cm³/mol. The number of nitrogens with zero attached hydrogens (tertiary/aromatic N) is 4. The van der Waals surface area contributed by atoms with Crippen molar-refractivity contribution in [2.75, 3.05) is 98.6 Å². The summed E-state index contributed by atoms with van der Waals surface area (Å²) in [6.45, 7) is 7.71. The SMILES string of the molecule is CN1CCN(C(=O)c2cc(S(C)(=O)=O)ccc2Cl)CC1.COC(=O)c1cc(S(C)(=O)=O)ccc1Cl.CS(=O)(=O)c1ccc(Cl)c(C(=O)O)c1.Cc1ccc(S(C)(=O)=O)cc1C(=O)N1CCN(C)CC1. The average molecular weight is 1100 g/mol. The van der Waals surface area contributed by atoms with E-state index in [4.69, 9.17) is 39.9 Å².